The first-order valence-corrected chi connectivity index (χ1v) is 6.48. The molecule has 96 valence electrons. The van der Waals surface area contributed by atoms with E-state index in [-0.39, 0.29) is 17.4 Å². The van der Waals surface area contributed by atoms with Gasteiger partial charge < -0.3 is 4.74 Å². The van der Waals surface area contributed by atoms with Gasteiger partial charge >= 0.3 is 5.97 Å². The highest BCUT2D eigenvalue weighted by molar-refractivity contribution is 5.73. The van der Waals surface area contributed by atoms with Gasteiger partial charge in [-0.1, -0.05) is 30.3 Å². The normalized spacial score (nSPS) is 30.1. The second-order valence-corrected chi connectivity index (χ2v) is 5.29. The number of hydrogen-bond acceptors (Lipinski definition) is 4. The number of rotatable bonds is 3. The summed E-state index contributed by atoms with van der Waals surface area (Å²) in [5, 5.41) is 0. The average Bonchev–Trinajstić information content (AvgIpc) is 2.82. The first kappa shape index (κ1) is 11.7. The van der Waals surface area contributed by atoms with Gasteiger partial charge in [0.2, 0.25) is 0 Å². The largest absolute Gasteiger partial charge is 0.461 e. The van der Waals surface area contributed by atoms with Crippen molar-refractivity contribution in [2.75, 3.05) is 6.54 Å². The van der Waals surface area contributed by atoms with Crippen molar-refractivity contribution in [3.8, 4) is 0 Å². The number of carbonyl (C=O) groups excluding carboxylic acids is 1. The molecular weight excluding hydrogens is 228 g/mol. The number of benzene rings is 1. The zero-order valence-electron chi connectivity index (χ0n) is 10.3. The van der Waals surface area contributed by atoms with Crippen LogP contribution in [0, 0.1) is 5.92 Å². The van der Waals surface area contributed by atoms with Crippen LogP contribution in [0.3, 0.4) is 0 Å². The number of hydrazine groups is 1. The summed E-state index contributed by atoms with van der Waals surface area (Å²) in [4.78, 5) is 12.0. The molecule has 0 aromatic heterocycles. The molecule has 2 atom stereocenters. The van der Waals surface area contributed by atoms with E-state index in [1.165, 1.54) is 0 Å². The highest BCUT2D eigenvalue weighted by Crippen LogP contribution is 2.37. The molecule has 1 saturated heterocycles. The Kier molecular flexibility index (Phi) is 3.06. The third kappa shape index (κ3) is 2.26. The third-order valence-corrected chi connectivity index (χ3v) is 3.95. The first-order valence-electron chi connectivity index (χ1n) is 6.48. The molecule has 1 aliphatic carbocycles. The summed E-state index contributed by atoms with van der Waals surface area (Å²) >= 11 is 0. The quantitative estimate of drug-likeness (QED) is 0.791. The van der Waals surface area contributed by atoms with E-state index in [1.807, 2.05) is 30.3 Å². The van der Waals surface area contributed by atoms with Crippen LogP contribution in [0.1, 0.15) is 24.8 Å². The first-order chi connectivity index (χ1) is 8.77. The van der Waals surface area contributed by atoms with Gasteiger partial charge in [0, 0.05) is 12.1 Å². The number of hydrogen-bond donors (Lipinski definition) is 2. The van der Waals surface area contributed by atoms with E-state index in [1.54, 1.807) is 0 Å². The Morgan fingerprint density at radius 1 is 1.39 bits per heavy atom. The SMILES string of the molecule is O=C(OCc1ccccc1)C1CCC2(CNN2)C1. The van der Waals surface area contributed by atoms with Crippen LogP contribution in [0.25, 0.3) is 0 Å². The second kappa shape index (κ2) is 4.71. The molecule has 1 spiro atoms. The van der Waals surface area contributed by atoms with E-state index in [9.17, 15) is 4.79 Å². The molecule has 2 fully saturated rings. The van der Waals surface area contributed by atoms with Crippen LogP contribution >= 0.6 is 0 Å². The van der Waals surface area contributed by atoms with Gasteiger partial charge in [-0.2, -0.15) is 0 Å². The molecule has 0 amide bonds. The molecule has 2 unspecified atom stereocenters. The Hall–Kier alpha value is -1.39. The molecule has 3 rings (SSSR count). The summed E-state index contributed by atoms with van der Waals surface area (Å²) in [5.74, 6) is 0.00717. The third-order valence-electron chi connectivity index (χ3n) is 3.95. The lowest BCUT2D eigenvalue weighted by Gasteiger charge is -2.40. The summed E-state index contributed by atoms with van der Waals surface area (Å²) in [6.45, 7) is 1.35. The Morgan fingerprint density at radius 2 is 2.17 bits per heavy atom. The fourth-order valence-corrected chi connectivity index (χ4v) is 2.79. The maximum absolute atomic E-state index is 12.0. The minimum atomic E-state index is -0.0515. The summed E-state index contributed by atoms with van der Waals surface area (Å²) < 4.78 is 5.39. The van der Waals surface area contributed by atoms with Crippen molar-refractivity contribution in [3.05, 3.63) is 35.9 Å². The lowest BCUT2D eigenvalue weighted by atomic mass is 9.94. The predicted molar refractivity (Wildman–Crippen MR) is 67.4 cm³/mol. The summed E-state index contributed by atoms with van der Waals surface area (Å²) in [6.07, 6.45) is 2.89. The van der Waals surface area contributed by atoms with Gasteiger partial charge in [-0.3, -0.25) is 15.6 Å². The lowest BCUT2D eigenvalue weighted by Crippen LogP contribution is -2.68. The number of nitrogens with one attached hydrogen (secondary N) is 2. The van der Waals surface area contributed by atoms with Crippen LogP contribution in [0.15, 0.2) is 30.3 Å². The van der Waals surface area contributed by atoms with Crippen molar-refractivity contribution in [1.29, 1.82) is 0 Å². The molecule has 2 N–H and O–H groups in total. The van der Waals surface area contributed by atoms with Crippen LogP contribution in [0.4, 0.5) is 0 Å². The highest BCUT2D eigenvalue weighted by atomic mass is 16.5. The fourth-order valence-electron chi connectivity index (χ4n) is 2.79. The maximum Gasteiger partial charge on any atom is 0.309 e. The van der Waals surface area contributed by atoms with E-state index in [0.29, 0.717) is 6.61 Å². The Bertz CT molecular complexity index is 429. The molecule has 1 saturated carbocycles. The molecule has 0 radical (unpaired) electrons. The summed E-state index contributed by atoms with van der Waals surface area (Å²) in [6, 6.07) is 9.82. The van der Waals surface area contributed by atoms with Gasteiger partial charge in [-0.05, 0) is 24.8 Å². The zero-order valence-corrected chi connectivity index (χ0v) is 10.3. The van der Waals surface area contributed by atoms with Gasteiger partial charge in [0.25, 0.3) is 0 Å². The second-order valence-electron chi connectivity index (χ2n) is 5.29. The number of ether oxygens (including phenoxy) is 1. The average molecular weight is 246 g/mol. The molecule has 4 heteroatoms. The molecule has 1 heterocycles. The van der Waals surface area contributed by atoms with Gasteiger partial charge in [0.15, 0.2) is 0 Å². The standard InChI is InChI=1S/C14H18N2O2/c17-13(18-9-11-4-2-1-3-5-11)12-6-7-14(8-12)10-15-16-14/h1-5,12,15-16H,6-10H2. The van der Waals surface area contributed by atoms with Crippen LogP contribution in [-0.4, -0.2) is 18.1 Å². The van der Waals surface area contributed by atoms with Crippen molar-refractivity contribution < 1.29 is 9.53 Å². The summed E-state index contributed by atoms with van der Waals surface area (Å²) in [5.41, 5.74) is 7.49. The molecular formula is C14H18N2O2. The molecule has 18 heavy (non-hydrogen) atoms. The smallest absolute Gasteiger partial charge is 0.309 e. The van der Waals surface area contributed by atoms with Crippen molar-refractivity contribution in [3.63, 3.8) is 0 Å². The monoisotopic (exact) mass is 246 g/mol. The van der Waals surface area contributed by atoms with Gasteiger partial charge in [0.05, 0.1) is 5.92 Å². The van der Waals surface area contributed by atoms with Crippen LogP contribution in [0.2, 0.25) is 0 Å². The van der Waals surface area contributed by atoms with Gasteiger partial charge in [-0.25, -0.2) is 0 Å². The Morgan fingerprint density at radius 3 is 2.78 bits per heavy atom. The molecule has 1 aromatic rings. The number of esters is 1. The van der Waals surface area contributed by atoms with E-state index in [2.05, 4.69) is 10.9 Å². The predicted octanol–water partition coefficient (Wildman–Crippen LogP) is 1.38. The van der Waals surface area contributed by atoms with E-state index >= 15 is 0 Å². The minimum Gasteiger partial charge on any atom is -0.461 e. The zero-order chi connectivity index (χ0) is 12.4. The van der Waals surface area contributed by atoms with E-state index < -0.39 is 0 Å². The van der Waals surface area contributed by atoms with Crippen LogP contribution in [-0.2, 0) is 16.1 Å². The highest BCUT2D eigenvalue weighted by Gasteiger charge is 2.46. The van der Waals surface area contributed by atoms with Gasteiger partial charge in [0.1, 0.15) is 6.61 Å². The van der Waals surface area contributed by atoms with Crippen molar-refractivity contribution in [1.82, 2.24) is 10.9 Å². The Labute approximate surface area is 107 Å². The Balaban J connectivity index is 1.50. The van der Waals surface area contributed by atoms with Crippen molar-refractivity contribution >= 4 is 5.97 Å². The fraction of sp³-hybridized carbons (Fsp3) is 0.500. The number of carbonyl (C=O) groups is 1. The van der Waals surface area contributed by atoms with Crippen LogP contribution < -0.4 is 10.9 Å². The van der Waals surface area contributed by atoms with Gasteiger partial charge in [-0.15, -0.1) is 0 Å². The summed E-state index contributed by atoms with van der Waals surface area (Å²) in [7, 11) is 0. The van der Waals surface area contributed by atoms with Crippen molar-refractivity contribution in [2.24, 2.45) is 5.92 Å². The molecule has 0 bridgehead atoms. The van der Waals surface area contributed by atoms with Crippen molar-refractivity contribution in [2.45, 2.75) is 31.4 Å². The minimum absolute atomic E-state index is 0.0515. The molecule has 4 nitrogen and oxygen atoms in total. The lowest BCUT2D eigenvalue weighted by molar-refractivity contribution is -0.150. The molecule has 1 aliphatic heterocycles. The topological polar surface area (TPSA) is 50.4 Å². The molecule has 2 aliphatic rings. The maximum atomic E-state index is 12.0. The van der Waals surface area contributed by atoms with E-state index in [4.69, 9.17) is 4.74 Å². The van der Waals surface area contributed by atoms with E-state index in [0.717, 1.165) is 31.4 Å². The molecule has 1 aromatic carbocycles. The van der Waals surface area contributed by atoms with Crippen LogP contribution in [0.5, 0.6) is 0 Å².